The van der Waals surface area contributed by atoms with Crippen molar-refractivity contribution in [3.63, 3.8) is 0 Å². The molecule has 1 N–H and O–H groups in total. The van der Waals surface area contributed by atoms with E-state index in [1.165, 1.54) is 0 Å². The molecule has 0 aliphatic carbocycles. The van der Waals surface area contributed by atoms with E-state index in [0.717, 1.165) is 55.1 Å². The van der Waals surface area contributed by atoms with Crippen LogP contribution in [0.2, 0.25) is 0 Å². The number of aromatic nitrogens is 2. The summed E-state index contributed by atoms with van der Waals surface area (Å²) < 4.78 is 5.62. The zero-order chi connectivity index (χ0) is 14.5. The van der Waals surface area contributed by atoms with E-state index < -0.39 is 0 Å². The molecule has 0 atom stereocenters. The summed E-state index contributed by atoms with van der Waals surface area (Å²) in [5.74, 6) is 1.79. The molecular weight excluding hydrogens is 252 g/mol. The zero-order valence-corrected chi connectivity index (χ0v) is 12.9. The van der Waals surface area contributed by atoms with Crippen LogP contribution in [-0.4, -0.2) is 41.0 Å². The Morgan fingerprint density at radius 1 is 1.20 bits per heavy atom. The number of rotatable bonds is 7. The average Bonchev–Trinajstić information content (AvgIpc) is 2.75. The summed E-state index contributed by atoms with van der Waals surface area (Å²) in [5.41, 5.74) is 1.79. The Bertz CT molecular complexity index is 560. The van der Waals surface area contributed by atoms with Crippen LogP contribution in [0.1, 0.15) is 31.6 Å². The second-order valence-electron chi connectivity index (χ2n) is 4.99. The molecule has 2 aromatic heterocycles. The summed E-state index contributed by atoms with van der Waals surface area (Å²) >= 11 is 0. The molecule has 0 amide bonds. The average molecular weight is 276 g/mol. The summed E-state index contributed by atoms with van der Waals surface area (Å²) in [5, 5.41) is 4.41. The number of nitrogens with zero attached hydrogens (tertiary/aromatic N) is 3. The Kier molecular flexibility index (Phi) is 4.95. The van der Waals surface area contributed by atoms with Crippen LogP contribution in [0, 0.1) is 13.8 Å². The molecule has 2 rings (SSSR count). The van der Waals surface area contributed by atoms with Gasteiger partial charge in [0.25, 0.3) is 0 Å². The van der Waals surface area contributed by atoms with Gasteiger partial charge in [0.2, 0.25) is 5.71 Å². The van der Waals surface area contributed by atoms with E-state index in [1.807, 2.05) is 13.8 Å². The van der Waals surface area contributed by atoms with Crippen molar-refractivity contribution in [3.8, 4) is 0 Å². The van der Waals surface area contributed by atoms with Crippen LogP contribution in [-0.2, 0) is 0 Å². The van der Waals surface area contributed by atoms with E-state index in [4.69, 9.17) is 4.42 Å². The first kappa shape index (κ1) is 14.8. The molecule has 2 heterocycles. The topological polar surface area (TPSA) is 54.2 Å². The molecule has 5 heteroatoms. The summed E-state index contributed by atoms with van der Waals surface area (Å²) in [7, 11) is 0. The Morgan fingerprint density at radius 3 is 2.65 bits per heavy atom. The van der Waals surface area contributed by atoms with Crippen molar-refractivity contribution in [2.75, 3.05) is 31.5 Å². The maximum absolute atomic E-state index is 5.62. The molecule has 0 aliphatic rings. The molecule has 5 nitrogen and oxygen atoms in total. The van der Waals surface area contributed by atoms with Gasteiger partial charge in [-0.15, -0.1) is 0 Å². The lowest BCUT2D eigenvalue weighted by Gasteiger charge is -2.17. The van der Waals surface area contributed by atoms with E-state index in [9.17, 15) is 0 Å². The molecule has 0 saturated carbocycles. The smallest absolute Gasteiger partial charge is 0.231 e. The molecule has 0 unspecified atom stereocenters. The van der Waals surface area contributed by atoms with E-state index in [0.29, 0.717) is 5.71 Å². The van der Waals surface area contributed by atoms with Gasteiger partial charge in [0.1, 0.15) is 17.9 Å². The number of furan rings is 1. The molecule has 0 saturated heterocycles. The highest BCUT2D eigenvalue weighted by Crippen LogP contribution is 2.27. The summed E-state index contributed by atoms with van der Waals surface area (Å²) in [4.78, 5) is 10.9. The Balaban J connectivity index is 2.00. The lowest BCUT2D eigenvalue weighted by atomic mass is 10.2. The molecule has 0 radical (unpaired) electrons. The molecule has 0 fully saturated rings. The van der Waals surface area contributed by atoms with Crippen molar-refractivity contribution >= 4 is 16.9 Å². The predicted molar refractivity (Wildman–Crippen MR) is 82.2 cm³/mol. The van der Waals surface area contributed by atoms with E-state index in [2.05, 4.69) is 34.0 Å². The standard InChI is InChI=1S/C15H24N4O/c1-5-19(6-2)9-7-8-16-14-13-11(3)12(4)20-15(13)18-10-17-14/h10H,5-9H2,1-4H3,(H,16,17,18). The van der Waals surface area contributed by atoms with Crippen molar-refractivity contribution in [2.24, 2.45) is 0 Å². The zero-order valence-electron chi connectivity index (χ0n) is 12.9. The lowest BCUT2D eigenvalue weighted by Crippen LogP contribution is -2.25. The van der Waals surface area contributed by atoms with Crippen molar-refractivity contribution in [3.05, 3.63) is 17.7 Å². The SMILES string of the molecule is CCN(CC)CCCNc1ncnc2oc(C)c(C)c12. The van der Waals surface area contributed by atoms with E-state index >= 15 is 0 Å². The minimum Gasteiger partial charge on any atom is -0.443 e. The van der Waals surface area contributed by atoms with Gasteiger partial charge < -0.3 is 14.6 Å². The van der Waals surface area contributed by atoms with Crippen LogP contribution in [0.15, 0.2) is 10.7 Å². The van der Waals surface area contributed by atoms with E-state index in [1.54, 1.807) is 6.33 Å². The van der Waals surface area contributed by atoms with Gasteiger partial charge in [0.05, 0.1) is 5.39 Å². The Morgan fingerprint density at radius 2 is 1.95 bits per heavy atom. The van der Waals surface area contributed by atoms with Gasteiger partial charge in [-0.25, -0.2) is 9.97 Å². The first-order valence-corrected chi connectivity index (χ1v) is 7.34. The monoisotopic (exact) mass is 276 g/mol. The number of anilines is 1. The highest BCUT2D eigenvalue weighted by molar-refractivity contribution is 5.89. The molecular formula is C15H24N4O. The second kappa shape index (κ2) is 6.70. The summed E-state index contributed by atoms with van der Waals surface area (Å²) in [6.45, 7) is 12.6. The van der Waals surface area contributed by atoms with Crippen molar-refractivity contribution in [1.82, 2.24) is 14.9 Å². The van der Waals surface area contributed by atoms with Crippen molar-refractivity contribution < 1.29 is 4.42 Å². The first-order valence-electron chi connectivity index (χ1n) is 7.34. The number of hydrogen-bond donors (Lipinski definition) is 1. The van der Waals surface area contributed by atoms with E-state index in [-0.39, 0.29) is 0 Å². The maximum atomic E-state index is 5.62. The van der Waals surface area contributed by atoms with Gasteiger partial charge in [-0.05, 0) is 39.9 Å². The van der Waals surface area contributed by atoms with Gasteiger partial charge in [0, 0.05) is 12.1 Å². The second-order valence-corrected chi connectivity index (χ2v) is 4.99. The first-order chi connectivity index (χ1) is 9.67. The fourth-order valence-electron chi connectivity index (χ4n) is 2.37. The Hall–Kier alpha value is -1.62. The molecule has 110 valence electrons. The third-order valence-corrected chi connectivity index (χ3v) is 3.80. The minimum atomic E-state index is 0.668. The van der Waals surface area contributed by atoms with Gasteiger partial charge in [-0.1, -0.05) is 13.8 Å². The number of aryl methyl sites for hydroxylation is 2. The largest absolute Gasteiger partial charge is 0.443 e. The normalized spacial score (nSPS) is 11.4. The predicted octanol–water partition coefficient (Wildman–Crippen LogP) is 2.98. The number of fused-ring (bicyclic) bond motifs is 1. The van der Waals surface area contributed by atoms with Gasteiger partial charge in [0.15, 0.2) is 0 Å². The molecule has 20 heavy (non-hydrogen) atoms. The maximum Gasteiger partial charge on any atom is 0.231 e. The minimum absolute atomic E-state index is 0.668. The lowest BCUT2D eigenvalue weighted by molar-refractivity contribution is 0.303. The third kappa shape index (κ3) is 3.10. The highest BCUT2D eigenvalue weighted by Gasteiger charge is 2.13. The summed E-state index contributed by atoms with van der Waals surface area (Å²) in [6.07, 6.45) is 2.65. The molecule has 0 aromatic carbocycles. The van der Waals surface area contributed by atoms with Crippen molar-refractivity contribution in [2.45, 2.75) is 34.1 Å². The van der Waals surface area contributed by atoms with Gasteiger partial charge >= 0.3 is 0 Å². The number of nitrogens with one attached hydrogen (secondary N) is 1. The molecule has 0 aliphatic heterocycles. The molecule has 0 bridgehead atoms. The van der Waals surface area contributed by atoms with Crippen LogP contribution in [0.25, 0.3) is 11.1 Å². The van der Waals surface area contributed by atoms with Gasteiger partial charge in [-0.2, -0.15) is 0 Å². The van der Waals surface area contributed by atoms with Crippen LogP contribution in [0.3, 0.4) is 0 Å². The van der Waals surface area contributed by atoms with Crippen LogP contribution in [0.5, 0.6) is 0 Å². The fourth-order valence-corrected chi connectivity index (χ4v) is 2.37. The number of hydrogen-bond acceptors (Lipinski definition) is 5. The fraction of sp³-hybridized carbons (Fsp3) is 0.600. The van der Waals surface area contributed by atoms with Crippen LogP contribution < -0.4 is 5.32 Å². The third-order valence-electron chi connectivity index (χ3n) is 3.80. The van der Waals surface area contributed by atoms with Crippen molar-refractivity contribution in [1.29, 1.82) is 0 Å². The van der Waals surface area contributed by atoms with Gasteiger partial charge in [-0.3, -0.25) is 0 Å². The molecule has 0 spiro atoms. The Labute approximate surface area is 120 Å². The highest BCUT2D eigenvalue weighted by atomic mass is 16.3. The quantitative estimate of drug-likeness (QED) is 0.788. The molecule has 2 aromatic rings. The van der Waals surface area contributed by atoms with Crippen LogP contribution >= 0.6 is 0 Å². The summed E-state index contributed by atoms with van der Waals surface area (Å²) in [6, 6.07) is 0. The van der Waals surface area contributed by atoms with Crippen LogP contribution in [0.4, 0.5) is 5.82 Å².